The molecule has 0 amide bonds. The molecule has 4 heteroatoms. The fourth-order valence-corrected chi connectivity index (χ4v) is 0.704. The summed E-state index contributed by atoms with van der Waals surface area (Å²) in [4.78, 5) is 40.8. The van der Waals surface area contributed by atoms with Gasteiger partial charge in [0.25, 0.3) is 0 Å². The molecule has 4 nitrogen and oxygen atoms in total. The molecule has 0 aliphatic carbocycles. The maximum atomic E-state index is 10.2. The Labute approximate surface area is 104 Å². The Hall–Kier alpha value is -1.32. The van der Waals surface area contributed by atoms with E-state index in [0.717, 1.165) is 0 Å². The molecule has 0 unspecified atom stereocenters. The summed E-state index contributed by atoms with van der Waals surface area (Å²) in [5, 5.41) is 0. The molecule has 0 rings (SSSR count). The van der Waals surface area contributed by atoms with E-state index < -0.39 is 0 Å². The maximum absolute atomic E-state index is 10.2. The van der Waals surface area contributed by atoms with Crippen LogP contribution in [0.4, 0.5) is 0 Å². The lowest BCUT2D eigenvalue weighted by molar-refractivity contribution is -0.122. The van der Waals surface area contributed by atoms with Crippen LogP contribution in [0.1, 0.15) is 60.8 Å². The molecule has 100 valence electrons. The highest BCUT2D eigenvalue weighted by Gasteiger charge is 1.95. The SMILES string of the molecule is C.CC(=O)CCC(C)=O.CC(=O)CCC(C)=O. The molecule has 0 saturated carbocycles. The van der Waals surface area contributed by atoms with E-state index in [2.05, 4.69) is 0 Å². The van der Waals surface area contributed by atoms with E-state index in [4.69, 9.17) is 0 Å². The van der Waals surface area contributed by atoms with Crippen LogP contribution in [0, 0.1) is 0 Å². The van der Waals surface area contributed by atoms with Gasteiger partial charge in [-0.15, -0.1) is 0 Å². The Kier molecular flexibility index (Phi) is 15.8. The molecule has 0 N–H and O–H groups in total. The van der Waals surface area contributed by atoms with Gasteiger partial charge in [-0.25, -0.2) is 0 Å². The molecule has 0 radical (unpaired) electrons. The first-order valence-corrected chi connectivity index (χ1v) is 5.23. The van der Waals surface area contributed by atoms with Crippen LogP contribution in [0.15, 0.2) is 0 Å². The lowest BCUT2D eigenvalue weighted by Crippen LogP contribution is -1.95. The van der Waals surface area contributed by atoms with Crippen LogP contribution in [-0.4, -0.2) is 23.1 Å². The summed E-state index contributed by atoms with van der Waals surface area (Å²) in [6, 6.07) is 0. The Balaban J connectivity index is -0.000000218. The van der Waals surface area contributed by atoms with Crippen LogP contribution < -0.4 is 0 Å². The summed E-state index contributed by atoms with van der Waals surface area (Å²) >= 11 is 0. The highest BCUT2D eigenvalue weighted by atomic mass is 16.1. The number of Topliss-reactive ketones (excluding diaryl/α,β-unsaturated/α-hetero) is 4. The molecule has 17 heavy (non-hydrogen) atoms. The van der Waals surface area contributed by atoms with E-state index in [-0.39, 0.29) is 30.6 Å². The molecule has 0 aromatic heterocycles. The molecular weight excluding hydrogens is 220 g/mol. The lowest BCUT2D eigenvalue weighted by Gasteiger charge is -1.86. The first-order chi connectivity index (χ1) is 7.25. The van der Waals surface area contributed by atoms with Crippen molar-refractivity contribution in [3.63, 3.8) is 0 Å². The van der Waals surface area contributed by atoms with Crippen molar-refractivity contribution in [3.05, 3.63) is 0 Å². The second-order valence-electron chi connectivity index (χ2n) is 3.81. The van der Waals surface area contributed by atoms with Crippen molar-refractivity contribution >= 4 is 23.1 Å². The smallest absolute Gasteiger partial charge is 0.130 e. The van der Waals surface area contributed by atoms with Gasteiger partial charge in [0.15, 0.2) is 0 Å². The van der Waals surface area contributed by atoms with Crippen molar-refractivity contribution < 1.29 is 19.2 Å². The van der Waals surface area contributed by atoms with Crippen molar-refractivity contribution in [2.75, 3.05) is 0 Å². The van der Waals surface area contributed by atoms with Crippen molar-refractivity contribution in [2.24, 2.45) is 0 Å². The number of carbonyl (C=O) groups excluding carboxylic acids is 4. The van der Waals surface area contributed by atoms with Gasteiger partial charge in [-0.1, -0.05) is 7.43 Å². The second-order valence-corrected chi connectivity index (χ2v) is 3.81. The highest BCUT2D eigenvalue weighted by molar-refractivity contribution is 5.83. The molecule has 0 heterocycles. The normalized spacial score (nSPS) is 8.24. The van der Waals surface area contributed by atoms with Crippen LogP contribution in [0.25, 0.3) is 0 Å². The highest BCUT2D eigenvalue weighted by Crippen LogP contribution is 1.90. The van der Waals surface area contributed by atoms with Crippen molar-refractivity contribution in [3.8, 4) is 0 Å². The van der Waals surface area contributed by atoms with E-state index in [0.29, 0.717) is 25.7 Å². The minimum atomic E-state index is 0. The summed E-state index contributed by atoms with van der Waals surface area (Å²) in [6.45, 7) is 5.96. The predicted octanol–water partition coefficient (Wildman–Crippen LogP) is 2.53. The first kappa shape index (κ1) is 21.0. The van der Waals surface area contributed by atoms with Crippen molar-refractivity contribution in [1.29, 1.82) is 0 Å². The summed E-state index contributed by atoms with van der Waals surface area (Å²) < 4.78 is 0. The average molecular weight is 244 g/mol. The van der Waals surface area contributed by atoms with E-state index in [1.807, 2.05) is 0 Å². The van der Waals surface area contributed by atoms with Crippen LogP contribution in [0.2, 0.25) is 0 Å². The number of carbonyl (C=O) groups is 4. The van der Waals surface area contributed by atoms with E-state index in [1.54, 1.807) is 0 Å². The second kappa shape index (κ2) is 12.7. The van der Waals surface area contributed by atoms with E-state index in [1.165, 1.54) is 27.7 Å². The fraction of sp³-hybridized carbons (Fsp3) is 0.692. The van der Waals surface area contributed by atoms with Gasteiger partial charge in [0.05, 0.1) is 0 Å². The minimum Gasteiger partial charge on any atom is -0.300 e. The fourth-order valence-electron chi connectivity index (χ4n) is 0.704. The van der Waals surface area contributed by atoms with Crippen LogP contribution in [0.5, 0.6) is 0 Å². The molecule has 0 aromatic carbocycles. The molecule has 0 aliphatic rings. The quantitative estimate of drug-likeness (QED) is 0.720. The van der Waals surface area contributed by atoms with Gasteiger partial charge in [-0.3, -0.25) is 0 Å². The topological polar surface area (TPSA) is 68.3 Å². The monoisotopic (exact) mass is 244 g/mol. The molecule has 0 aliphatic heterocycles. The number of ketones is 4. The molecule has 0 aromatic rings. The number of hydrogen-bond acceptors (Lipinski definition) is 4. The first-order valence-electron chi connectivity index (χ1n) is 5.23. The number of hydrogen-bond donors (Lipinski definition) is 0. The standard InChI is InChI=1S/2C6H10O2.CH4/c2*1-5(7)3-4-6(2)8;/h2*3-4H2,1-2H3;1H4. The van der Waals surface area contributed by atoms with Gasteiger partial charge in [0.1, 0.15) is 23.1 Å². The zero-order chi connectivity index (χ0) is 13.1. The van der Waals surface area contributed by atoms with Gasteiger partial charge in [-0.05, 0) is 27.7 Å². The summed E-state index contributed by atoms with van der Waals surface area (Å²) in [5.74, 6) is 0.334. The van der Waals surface area contributed by atoms with Gasteiger partial charge in [0, 0.05) is 25.7 Å². The molecular formula is C13H24O4. The van der Waals surface area contributed by atoms with Gasteiger partial charge < -0.3 is 19.2 Å². The third kappa shape index (κ3) is 31.3. The van der Waals surface area contributed by atoms with Gasteiger partial charge >= 0.3 is 0 Å². The summed E-state index contributed by atoms with van der Waals surface area (Å²) in [7, 11) is 0. The van der Waals surface area contributed by atoms with Gasteiger partial charge in [0.2, 0.25) is 0 Å². The Morgan fingerprint density at radius 2 is 0.647 bits per heavy atom. The van der Waals surface area contributed by atoms with Crippen LogP contribution in [-0.2, 0) is 19.2 Å². The minimum absolute atomic E-state index is 0. The molecule has 0 saturated heterocycles. The van der Waals surface area contributed by atoms with E-state index in [9.17, 15) is 19.2 Å². The van der Waals surface area contributed by atoms with Crippen LogP contribution >= 0.6 is 0 Å². The van der Waals surface area contributed by atoms with Crippen molar-refractivity contribution in [2.45, 2.75) is 60.8 Å². The Morgan fingerprint density at radius 3 is 0.706 bits per heavy atom. The zero-order valence-electron chi connectivity index (χ0n) is 10.5. The molecule has 0 atom stereocenters. The Morgan fingerprint density at radius 1 is 0.529 bits per heavy atom. The van der Waals surface area contributed by atoms with E-state index >= 15 is 0 Å². The average Bonchev–Trinajstić information content (AvgIpc) is 2.12. The zero-order valence-corrected chi connectivity index (χ0v) is 10.5. The largest absolute Gasteiger partial charge is 0.300 e. The molecule has 0 spiro atoms. The van der Waals surface area contributed by atoms with Crippen molar-refractivity contribution in [1.82, 2.24) is 0 Å². The Bertz CT molecular complexity index is 211. The van der Waals surface area contributed by atoms with Crippen LogP contribution in [0.3, 0.4) is 0 Å². The van der Waals surface area contributed by atoms with Gasteiger partial charge in [-0.2, -0.15) is 0 Å². The third-order valence-corrected chi connectivity index (χ3v) is 1.66. The summed E-state index contributed by atoms with van der Waals surface area (Å²) in [6.07, 6.45) is 1.59. The predicted molar refractivity (Wildman–Crippen MR) is 67.9 cm³/mol. The molecule has 0 bridgehead atoms. The number of rotatable bonds is 6. The third-order valence-electron chi connectivity index (χ3n) is 1.66. The molecule has 0 fully saturated rings. The summed E-state index contributed by atoms with van der Waals surface area (Å²) in [5.41, 5.74) is 0. The lowest BCUT2D eigenvalue weighted by atomic mass is 10.2. The maximum Gasteiger partial charge on any atom is 0.130 e.